The summed E-state index contributed by atoms with van der Waals surface area (Å²) in [4.78, 5) is 11.9. The van der Waals surface area contributed by atoms with E-state index < -0.39 is 0 Å². The summed E-state index contributed by atoms with van der Waals surface area (Å²) in [6, 6.07) is 3.67. The van der Waals surface area contributed by atoms with Gasteiger partial charge in [0.1, 0.15) is 11.5 Å². The van der Waals surface area contributed by atoms with E-state index in [-0.39, 0.29) is 17.9 Å². The molecular formula is C13H22N2O2. The third-order valence-electron chi connectivity index (χ3n) is 2.84. The zero-order valence-corrected chi connectivity index (χ0v) is 10.8. The van der Waals surface area contributed by atoms with E-state index in [2.05, 4.69) is 12.2 Å². The number of carbonyl (C=O) groups is 1. The Morgan fingerprint density at radius 3 is 2.71 bits per heavy atom. The summed E-state index contributed by atoms with van der Waals surface area (Å²) >= 11 is 0. The van der Waals surface area contributed by atoms with Crippen LogP contribution in [0.1, 0.15) is 44.3 Å². The van der Waals surface area contributed by atoms with E-state index in [1.54, 1.807) is 0 Å². The number of rotatable bonds is 6. The standard InChI is InChI=1S/C13H22N2O2/c1-4-5-11(8-14)13(16)15-10(3)12-7-6-9(2)17-12/h6-7,10-11H,4-5,8,14H2,1-3H3,(H,15,16). The molecule has 96 valence electrons. The molecule has 4 nitrogen and oxygen atoms in total. The van der Waals surface area contributed by atoms with Gasteiger partial charge in [-0.05, 0) is 32.4 Å². The van der Waals surface area contributed by atoms with Crippen LogP contribution in [0.15, 0.2) is 16.5 Å². The molecule has 0 aliphatic heterocycles. The number of hydrogen-bond donors (Lipinski definition) is 2. The fourth-order valence-corrected chi connectivity index (χ4v) is 1.79. The van der Waals surface area contributed by atoms with E-state index in [0.717, 1.165) is 24.4 Å². The van der Waals surface area contributed by atoms with E-state index in [0.29, 0.717) is 6.54 Å². The van der Waals surface area contributed by atoms with Crippen molar-refractivity contribution < 1.29 is 9.21 Å². The van der Waals surface area contributed by atoms with Crippen molar-refractivity contribution in [3.8, 4) is 0 Å². The van der Waals surface area contributed by atoms with Gasteiger partial charge in [0.2, 0.25) is 5.91 Å². The predicted molar refractivity (Wildman–Crippen MR) is 67.5 cm³/mol. The maximum absolute atomic E-state index is 11.9. The van der Waals surface area contributed by atoms with Crippen molar-refractivity contribution in [3.63, 3.8) is 0 Å². The fraction of sp³-hybridized carbons (Fsp3) is 0.615. The summed E-state index contributed by atoms with van der Waals surface area (Å²) in [5, 5.41) is 2.93. The van der Waals surface area contributed by atoms with Crippen molar-refractivity contribution in [1.29, 1.82) is 0 Å². The molecule has 0 aliphatic carbocycles. The van der Waals surface area contributed by atoms with Crippen molar-refractivity contribution in [1.82, 2.24) is 5.32 Å². The minimum Gasteiger partial charge on any atom is -0.464 e. The van der Waals surface area contributed by atoms with Gasteiger partial charge < -0.3 is 15.5 Å². The third kappa shape index (κ3) is 3.89. The second kappa shape index (κ2) is 6.45. The molecule has 0 aromatic carbocycles. The first-order chi connectivity index (χ1) is 8.08. The Labute approximate surface area is 103 Å². The van der Waals surface area contributed by atoms with Crippen molar-refractivity contribution in [2.75, 3.05) is 6.54 Å². The molecule has 0 saturated heterocycles. The molecule has 0 fully saturated rings. The molecule has 0 aliphatic rings. The highest BCUT2D eigenvalue weighted by atomic mass is 16.3. The quantitative estimate of drug-likeness (QED) is 0.797. The predicted octanol–water partition coefficient (Wildman–Crippen LogP) is 2.14. The van der Waals surface area contributed by atoms with E-state index in [4.69, 9.17) is 10.2 Å². The molecule has 1 heterocycles. The molecule has 0 spiro atoms. The molecule has 4 heteroatoms. The molecule has 1 aromatic rings. The van der Waals surface area contributed by atoms with Crippen LogP contribution in [0.25, 0.3) is 0 Å². The maximum atomic E-state index is 11.9. The largest absolute Gasteiger partial charge is 0.464 e. The molecule has 0 saturated carbocycles. The van der Waals surface area contributed by atoms with E-state index >= 15 is 0 Å². The van der Waals surface area contributed by atoms with Gasteiger partial charge in [0, 0.05) is 6.54 Å². The summed E-state index contributed by atoms with van der Waals surface area (Å²) in [5.41, 5.74) is 5.59. The average molecular weight is 238 g/mol. The molecule has 2 unspecified atom stereocenters. The number of carbonyl (C=O) groups excluding carboxylic acids is 1. The second-order valence-corrected chi connectivity index (χ2v) is 4.40. The van der Waals surface area contributed by atoms with Crippen molar-refractivity contribution in [3.05, 3.63) is 23.7 Å². The van der Waals surface area contributed by atoms with Crippen LogP contribution in [0.5, 0.6) is 0 Å². The normalized spacial score (nSPS) is 14.4. The maximum Gasteiger partial charge on any atom is 0.224 e. The van der Waals surface area contributed by atoms with Gasteiger partial charge in [-0.25, -0.2) is 0 Å². The lowest BCUT2D eigenvalue weighted by Gasteiger charge is -2.17. The van der Waals surface area contributed by atoms with Gasteiger partial charge in [-0.1, -0.05) is 13.3 Å². The third-order valence-corrected chi connectivity index (χ3v) is 2.84. The molecule has 3 N–H and O–H groups in total. The Kier molecular flexibility index (Phi) is 5.22. The summed E-state index contributed by atoms with van der Waals surface area (Å²) in [6.07, 6.45) is 1.79. The van der Waals surface area contributed by atoms with E-state index in [1.807, 2.05) is 26.0 Å². The highest BCUT2D eigenvalue weighted by molar-refractivity contribution is 5.79. The topological polar surface area (TPSA) is 68.3 Å². The zero-order valence-electron chi connectivity index (χ0n) is 10.8. The lowest BCUT2D eigenvalue weighted by atomic mass is 10.0. The molecule has 1 rings (SSSR count). The Hall–Kier alpha value is -1.29. The van der Waals surface area contributed by atoms with Crippen LogP contribution < -0.4 is 11.1 Å². The van der Waals surface area contributed by atoms with Gasteiger partial charge in [-0.2, -0.15) is 0 Å². The van der Waals surface area contributed by atoms with Crippen molar-refractivity contribution >= 4 is 5.91 Å². The molecule has 1 aromatic heterocycles. The number of nitrogens with one attached hydrogen (secondary N) is 1. The highest BCUT2D eigenvalue weighted by Crippen LogP contribution is 2.16. The number of amides is 1. The Morgan fingerprint density at radius 2 is 2.24 bits per heavy atom. The lowest BCUT2D eigenvalue weighted by molar-refractivity contribution is -0.125. The Balaban J connectivity index is 2.55. The minimum absolute atomic E-state index is 0.0101. The zero-order chi connectivity index (χ0) is 12.8. The van der Waals surface area contributed by atoms with Gasteiger partial charge >= 0.3 is 0 Å². The van der Waals surface area contributed by atoms with Crippen LogP contribution in [-0.4, -0.2) is 12.5 Å². The second-order valence-electron chi connectivity index (χ2n) is 4.40. The first-order valence-electron chi connectivity index (χ1n) is 6.15. The number of hydrogen-bond acceptors (Lipinski definition) is 3. The summed E-state index contributed by atoms with van der Waals surface area (Å²) in [7, 11) is 0. The number of furan rings is 1. The SMILES string of the molecule is CCCC(CN)C(=O)NC(C)c1ccc(C)o1. The summed E-state index contributed by atoms with van der Waals surface area (Å²) in [5.74, 6) is 1.54. The smallest absolute Gasteiger partial charge is 0.224 e. The molecule has 0 radical (unpaired) electrons. The average Bonchev–Trinajstić information content (AvgIpc) is 2.72. The lowest BCUT2D eigenvalue weighted by Crippen LogP contribution is -2.36. The summed E-state index contributed by atoms with van der Waals surface area (Å²) < 4.78 is 5.47. The first kappa shape index (κ1) is 13.8. The van der Waals surface area contributed by atoms with Crippen LogP contribution in [0.2, 0.25) is 0 Å². The summed E-state index contributed by atoms with van der Waals surface area (Å²) in [6.45, 7) is 6.24. The molecule has 0 bridgehead atoms. The van der Waals surface area contributed by atoms with Crippen molar-refractivity contribution in [2.24, 2.45) is 11.7 Å². The van der Waals surface area contributed by atoms with Crippen LogP contribution in [0.3, 0.4) is 0 Å². The number of nitrogens with two attached hydrogens (primary N) is 1. The number of aryl methyl sites for hydroxylation is 1. The molecular weight excluding hydrogens is 216 g/mol. The van der Waals surface area contributed by atoms with Crippen LogP contribution in [0.4, 0.5) is 0 Å². The minimum atomic E-state index is -0.109. The monoisotopic (exact) mass is 238 g/mol. The molecule has 1 amide bonds. The van der Waals surface area contributed by atoms with Gasteiger partial charge in [0.05, 0.1) is 12.0 Å². The fourth-order valence-electron chi connectivity index (χ4n) is 1.79. The van der Waals surface area contributed by atoms with Gasteiger partial charge in [-0.15, -0.1) is 0 Å². The highest BCUT2D eigenvalue weighted by Gasteiger charge is 2.19. The van der Waals surface area contributed by atoms with Crippen molar-refractivity contribution in [2.45, 2.75) is 39.7 Å². The van der Waals surface area contributed by atoms with E-state index in [1.165, 1.54) is 0 Å². The molecule has 17 heavy (non-hydrogen) atoms. The Morgan fingerprint density at radius 1 is 1.53 bits per heavy atom. The van der Waals surface area contributed by atoms with Crippen LogP contribution in [0, 0.1) is 12.8 Å². The van der Waals surface area contributed by atoms with Crippen LogP contribution >= 0.6 is 0 Å². The molecule has 2 atom stereocenters. The van der Waals surface area contributed by atoms with Gasteiger partial charge in [-0.3, -0.25) is 4.79 Å². The first-order valence-corrected chi connectivity index (χ1v) is 6.15. The van der Waals surface area contributed by atoms with Gasteiger partial charge in [0.15, 0.2) is 0 Å². The van der Waals surface area contributed by atoms with Crippen LogP contribution in [-0.2, 0) is 4.79 Å². The Bertz CT molecular complexity index is 360. The van der Waals surface area contributed by atoms with E-state index in [9.17, 15) is 4.79 Å². The van der Waals surface area contributed by atoms with Gasteiger partial charge in [0.25, 0.3) is 0 Å².